The molecule has 1 saturated heterocycles. The van der Waals surface area contributed by atoms with E-state index in [2.05, 4.69) is 5.32 Å². The van der Waals surface area contributed by atoms with Crippen LogP contribution in [0.4, 0.5) is 10.5 Å². The molecule has 0 saturated carbocycles. The third kappa shape index (κ3) is 3.32. The number of rotatable bonds is 4. The normalized spacial score (nSPS) is 15.7. The fourth-order valence-electron chi connectivity index (χ4n) is 2.63. The first kappa shape index (κ1) is 18.0. The van der Waals surface area contributed by atoms with E-state index in [0.717, 1.165) is 4.90 Å². The van der Waals surface area contributed by atoms with Crippen LogP contribution in [0.5, 0.6) is 17.2 Å². The number of imide groups is 2. The highest BCUT2D eigenvalue weighted by Crippen LogP contribution is 2.37. The van der Waals surface area contributed by atoms with Gasteiger partial charge in [0.05, 0.1) is 19.9 Å². The molecule has 3 rings (SSSR count). The van der Waals surface area contributed by atoms with Crippen LogP contribution in [-0.4, -0.2) is 37.2 Å². The van der Waals surface area contributed by atoms with Gasteiger partial charge in [-0.2, -0.15) is 0 Å². The van der Waals surface area contributed by atoms with E-state index in [1.807, 2.05) is 0 Å². The first-order valence-electron chi connectivity index (χ1n) is 7.87. The Bertz CT molecular complexity index is 927. The van der Waals surface area contributed by atoms with Crippen molar-refractivity contribution >= 4 is 29.6 Å². The van der Waals surface area contributed by atoms with E-state index in [0.29, 0.717) is 11.3 Å². The summed E-state index contributed by atoms with van der Waals surface area (Å²) in [5.74, 6) is -1.56. The minimum absolute atomic E-state index is 0.112. The van der Waals surface area contributed by atoms with Gasteiger partial charge in [0.15, 0.2) is 11.5 Å². The predicted octanol–water partition coefficient (Wildman–Crippen LogP) is 2.08. The third-order valence-electron chi connectivity index (χ3n) is 3.93. The molecule has 1 aliphatic heterocycles. The van der Waals surface area contributed by atoms with Gasteiger partial charge in [0, 0.05) is 0 Å². The van der Waals surface area contributed by atoms with Gasteiger partial charge in [0.25, 0.3) is 11.8 Å². The van der Waals surface area contributed by atoms with Crippen LogP contribution in [0, 0.1) is 0 Å². The molecule has 138 valence electrons. The number of barbiturate groups is 1. The number of aromatic hydroxyl groups is 1. The van der Waals surface area contributed by atoms with E-state index in [-0.39, 0.29) is 22.8 Å². The Morgan fingerprint density at radius 3 is 2.15 bits per heavy atom. The van der Waals surface area contributed by atoms with Crippen LogP contribution >= 0.6 is 0 Å². The summed E-state index contributed by atoms with van der Waals surface area (Å²) in [6.45, 7) is 0. The van der Waals surface area contributed by atoms with E-state index in [4.69, 9.17) is 9.47 Å². The maximum absolute atomic E-state index is 12.8. The molecule has 0 bridgehead atoms. The molecule has 0 atom stereocenters. The fourth-order valence-corrected chi connectivity index (χ4v) is 2.63. The zero-order valence-corrected chi connectivity index (χ0v) is 14.6. The number of anilines is 1. The highest BCUT2D eigenvalue weighted by atomic mass is 16.5. The summed E-state index contributed by atoms with van der Waals surface area (Å²) < 4.78 is 10.1. The summed E-state index contributed by atoms with van der Waals surface area (Å²) in [6, 6.07) is 10.3. The number of urea groups is 1. The molecule has 2 aromatic rings. The van der Waals surface area contributed by atoms with Crippen LogP contribution in [0.15, 0.2) is 48.0 Å². The molecule has 1 fully saturated rings. The van der Waals surface area contributed by atoms with E-state index < -0.39 is 17.8 Å². The molecule has 8 nitrogen and oxygen atoms in total. The summed E-state index contributed by atoms with van der Waals surface area (Å²) in [7, 11) is 2.72. The quantitative estimate of drug-likeness (QED) is 0.632. The second-order valence-electron chi connectivity index (χ2n) is 5.57. The highest BCUT2D eigenvalue weighted by Gasteiger charge is 2.36. The Labute approximate surface area is 154 Å². The summed E-state index contributed by atoms with van der Waals surface area (Å²) in [5.41, 5.74) is 0.467. The van der Waals surface area contributed by atoms with Crippen molar-refractivity contribution in [1.29, 1.82) is 0 Å². The number of hydrogen-bond acceptors (Lipinski definition) is 6. The zero-order valence-electron chi connectivity index (χ0n) is 14.6. The van der Waals surface area contributed by atoms with Gasteiger partial charge in [-0.15, -0.1) is 0 Å². The lowest BCUT2D eigenvalue weighted by molar-refractivity contribution is -0.122. The molecule has 0 spiro atoms. The molecule has 0 aliphatic carbocycles. The molecule has 27 heavy (non-hydrogen) atoms. The molecule has 8 heteroatoms. The lowest BCUT2D eigenvalue weighted by Gasteiger charge is -2.26. The second-order valence-corrected chi connectivity index (χ2v) is 5.57. The first-order valence-corrected chi connectivity index (χ1v) is 7.87. The van der Waals surface area contributed by atoms with E-state index in [1.54, 1.807) is 30.3 Å². The van der Waals surface area contributed by atoms with Gasteiger partial charge in [-0.05, 0) is 35.9 Å². The summed E-state index contributed by atoms with van der Waals surface area (Å²) in [6.07, 6.45) is 1.30. The van der Waals surface area contributed by atoms with Gasteiger partial charge in [0.2, 0.25) is 5.75 Å². The number of para-hydroxylation sites is 1. The van der Waals surface area contributed by atoms with Crippen molar-refractivity contribution in [1.82, 2.24) is 5.32 Å². The standard InChI is InChI=1S/C19H16N2O6/c1-26-14-9-11(10-15(27-2)16(14)22)8-13-17(23)20-19(25)21(18(13)24)12-6-4-3-5-7-12/h3-10,22H,1-2H3,(H,20,23,25)/b13-8+. The SMILES string of the molecule is COc1cc(/C=C2\C(=O)NC(=O)N(c3ccccc3)C2=O)cc(OC)c1O. The molecule has 1 aliphatic rings. The van der Waals surface area contributed by atoms with Gasteiger partial charge in [-0.3, -0.25) is 14.9 Å². The van der Waals surface area contributed by atoms with Crippen LogP contribution in [0.25, 0.3) is 6.08 Å². The van der Waals surface area contributed by atoms with Crippen LogP contribution in [-0.2, 0) is 9.59 Å². The topological polar surface area (TPSA) is 105 Å². The number of hydrogen-bond donors (Lipinski definition) is 2. The van der Waals surface area contributed by atoms with Gasteiger partial charge >= 0.3 is 6.03 Å². The first-order chi connectivity index (χ1) is 13.0. The summed E-state index contributed by atoms with van der Waals surface area (Å²) >= 11 is 0. The van der Waals surface area contributed by atoms with Gasteiger partial charge in [-0.25, -0.2) is 9.69 Å². The number of phenolic OH excluding ortho intramolecular Hbond substituents is 1. The zero-order chi connectivity index (χ0) is 19.6. The lowest BCUT2D eigenvalue weighted by atomic mass is 10.1. The van der Waals surface area contributed by atoms with Crippen molar-refractivity contribution in [2.24, 2.45) is 0 Å². The number of benzene rings is 2. The largest absolute Gasteiger partial charge is 0.502 e. The molecular weight excluding hydrogens is 352 g/mol. The predicted molar refractivity (Wildman–Crippen MR) is 96.7 cm³/mol. The lowest BCUT2D eigenvalue weighted by Crippen LogP contribution is -2.54. The Balaban J connectivity index is 2.06. The Morgan fingerprint density at radius 1 is 1.00 bits per heavy atom. The molecule has 0 aromatic heterocycles. The summed E-state index contributed by atoms with van der Waals surface area (Å²) in [5, 5.41) is 12.1. The van der Waals surface area contributed by atoms with Crippen molar-refractivity contribution in [3.63, 3.8) is 0 Å². The minimum Gasteiger partial charge on any atom is -0.502 e. The number of carbonyl (C=O) groups is 3. The number of methoxy groups -OCH3 is 2. The number of ether oxygens (including phenoxy) is 2. The van der Waals surface area contributed by atoms with Gasteiger partial charge in [0.1, 0.15) is 5.57 Å². The fraction of sp³-hybridized carbons (Fsp3) is 0.105. The Kier molecular flexibility index (Phi) is 4.80. The number of phenols is 1. The molecule has 2 N–H and O–H groups in total. The monoisotopic (exact) mass is 368 g/mol. The van der Waals surface area contributed by atoms with Gasteiger partial charge in [-0.1, -0.05) is 18.2 Å². The molecule has 0 unspecified atom stereocenters. The second kappa shape index (κ2) is 7.20. The minimum atomic E-state index is -0.825. The van der Waals surface area contributed by atoms with Crippen molar-refractivity contribution in [2.75, 3.05) is 19.1 Å². The molecule has 2 aromatic carbocycles. The van der Waals surface area contributed by atoms with Crippen molar-refractivity contribution in [3.8, 4) is 17.2 Å². The van der Waals surface area contributed by atoms with Crippen molar-refractivity contribution in [2.45, 2.75) is 0 Å². The van der Waals surface area contributed by atoms with E-state index in [9.17, 15) is 19.5 Å². The van der Waals surface area contributed by atoms with Crippen molar-refractivity contribution < 1.29 is 29.0 Å². The number of amides is 4. The van der Waals surface area contributed by atoms with Gasteiger partial charge < -0.3 is 14.6 Å². The molecule has 0 radical (unpaired) electrons. The Hall–Kier alpha value is -3.81. The smallest absolute Gasteiger partial charge is 0.335 e. The maximum Gasteiger partial charge on any atom is 0.335 e. The van der Waals surface area contributed by atoms with Crippen molar-refractivity contribution in [3.05, 3.63) is 53.6 Å². The molecule has 1 heterocycles. The molecule has 4 amide bonds. The molecular formula is C19H16N2O6. The number of nitrogens with one attached hydrogen (secondary N) is 1. The van der Waals surface area contributed by atoms with Crippen LogP contribution in [0.2, 0.25) is 0 Å². The summed E-state index contributed by atoms with van der Waals surface area (Å²) in [4.78, 5) is 38.0. The average Bonchev–Trinajstić information content (AvgIpc) is 2.66. The van der Waals surface area contributed by atoms with E-state index >= 15 is 0 Å². The average molecular weight is 368 g/mol. The number of nitrogens with zero attached hydrogens (tertiary/aromatic N) is 1. The highest BCUT2D eigenvalue weighted by molar-refractivity contribution is 6.39. The number of carbonyl (C=O) groups excluding carboxylic acids is 3. The van der Waals surface area contributed by atoms with Crippen LogP contribution < -0.4 is 19.7 Å². The maximum atomic E-state index is 12.8. The van der Waals surface area contributed by atoms with Crippen LogP contribution in [0.1, 0.15) is 5.56 Å². The van der Waals surface area contributed by atoms with E-state index in [1.165, 1.54) is 32.4 Å². The van der Waals surface area contributed by atoms with Crippen LogP contribution in [0.3, 0.4) is 0 Å². The Morgan fingerprint density at radius 2 is 1.59 bits per heavy atom. The third-order valence-corrected chi connectivity index (χ3v) is 3.93.